The summed E-state index contributed by atoms with van der Waals surface area (Å²) in [6, 6.07) is 12.1. The molecule has 0 aliphatic heterocycles. The van der Waals surface area contributed by atoms with E-state index in [4.69, 9.17) is 16.3 Å². The van der Waals surface area contributed by atoms with Crippen molar-refractivity contribution in [3.05, 3.63) is 53.1 Å². The number of carbonyl (C=O) groups excluding carboxylic acids is 2. The fourth-order valence-corrected chi connectivity index (χ4v) is 3.58. The number of carbonyl (C=O) groups is 2. The molecule has 0 spiro atoms. The van der Waals surface area contributed by atoms with Crippen molar-refractivity contribution in [3.8, 4) is 5.75 Å². The molecule has 0 atom stereocenters. The van der Waals surface area contributed by atoms with Gasteiger partial charge in [0.25, 0.3) is 5.91 Å². The zero-order valence-corrected chi connectivity index (χ0v) is 16.3. The summed E-state index contributed by atoms with van der Waals surface area (Å²) >= 11 is 6.32. The average Bonchev–Trinajstić information content (AvgIpc) is 3.42. The van der Waals surface area contributed by atoms with Crippen LogP contribution in [-0.2, 0) is 4.79 Å². The van der Waals surface area contributed by atoms with Crippen LogP contribution >= 0.6 is 11.6 Å². The van der Waals surface area contributed by atoms with E-state index in [0.29, 0.717) is 27.7 Å². The second kappa shape index (κ2) is 8.23. The molecule has 2 aliphatic carbocycles. The summed E-state index contributed by atoms with van der Waals surface area (Å²) in [5, 5.41) is 6.19. The van der Waals surface area contributed by atoms with Crippen molar-refractivity contribution in [2.45, 2.75) is 44.6 Å². The van der Waals surface area contributed by atoms with Crippen molar-refractivity contribution in [1.82, 2.24) is 0 Å². The minimum Gasteiger partial charge on any atom is -0.489 e. The molecule has 146 valence electrons. The minimum absolute atomic E-state index is 0.0479. The van der Waals surface area contributed by atoms with Gasteiger partial charge in [-0.25, -0.2) is 0 Å². The van der Waals surface area contributed by atoms with Crippen LogP contribution in [0.2, 0.25) is 5.02 Å². The largest absolute Gasteiger partial charge is 0.489 e. The van der Waals surface area contributed by atoms with Gasteiger partial charge in [0.15, 0.2) is 0 Å². The summed E-state index contributed by atoms with van der Waals surface area (Å²) in [5.74, 6) is 0.614. The van der Waals surface area contributed by atoms with E-state index >= 15 is 0 Å². The molecule has 0 radical (unpaired) electrons. The summed E-state index contributed by atoms with van der Waals surface area (Å²) in [5.41, 5.74) is 1.82. The third-order valence-electron chi connectivity index (χ3n) is 5.15. The Bertz CT molecular complexity index is 872. The molecule has 2 aromatic carbocycles. The average molecular weight is 399 g/mol. The zero-order chi connectivity index (χ0) is 19.5. The Morgan fingerprint density at radius 3 is 2.21 bits per heavy atom. The second-order valence-corrected chi connectivity index (χ2v) is 7.87. The van der Waals surface area contributed by atoms with Gasteiger partial charge in [-0.05, 0) is 81.0 Å². The van der Waals surface area contributed by atoms with Gasteiger partial charge in [0, 0.05) is 22.9 Å². The van der Waals surface area contributed by atoms with Gasteiger partial charge in [0.1, 0.15) is 5.75 Å². The fraction of sp³-hybridized carbons (Fsp3) is 0.364. The highest BCUT2D eigenvalue weighted by molar-refractivity contribution is 6.32. The van der Waals surface area contributed by atoms with Crippen molar-refractivity contribution >= 4 is 34.8 Å². The Morgan fingerprint density at radius 1 is 0.893 bits per heavy atom. The topological polar surface area (TPSA) is 67.4 Å². The first kappa shape index (κ1) is 18.8. The molecular weight excluding hydrogens is 376 g/mol. The maximum absolute atomic E-state index is 12.5. The van der Waals surface area contributed by atoms with Crippen LogP contribution < -0.4 is 15.4 Å². The van der Waals surface area contributed by atoms with Gasteiger partial charge in [0.05, 0.1) is 11.1 Å². The molecule has 6 heteroatoms. The smallest absolute Gasteiger partial charge is 0.255 e. The number of halogens is 1. The fourth-order valence-electron chi connectivity index (χ4n) is 3.36. The first-order chi connectivity index (χ1) is 13.6. The number of hydrogen-bond acceptors (Lipinski definition) is 3. The van der Waals surface area contributed by atoms with E-state index in [1.54, 1.807) is 42.5 Å². The molecule has 2 amide bonds. The number of rotatable bonds is 6. The first-order valence-corrected chi connectivity index (χ1v) is 10.1. The molecule has 5 nitrogen and oxygen atoms in total. The quantitative estimate of drug-likeness (QED) is 0.697. The zero-order valence-electron chi connectivity index (χ0n) is 15.5. The van der Waals surface area contributed by atoms with Crippen molar-refractivity contribution < 1.29 is 14.3 Å². The van der Waals surface area contributed by atoms with E-state index in [1.165, 1.54) is 12.8 Å². The van der Waals surface area contributed by atoms with Crippen LogP contribution in [0.25, 0.3) is 0 Å². The number of nitrogens with one attached hydrogen (secondary N) is 2. The number of ether oxygens (including phenoxy) is 1. The monoisotopic (exact) mass is 398 g/mol. The molecule has 28 heavy (non-hydrogen) atoms. The maximum atomic E-state index is 12.5. The van der Waals surface area contributed by atoms with E-state index in [1.807, 2.05) is 0 Å². The second-order valence-electron chi connectivity index (χ2n) is 7.46. The molecule has 0 saturated heterocycles. The lowest BCUT2D eigenvalue weighted by atomic mass is 10.2. The van der Waals surface area contributed by atoms with Crippen molar-refractivity contribution in [1.29, 1.82) is 0 Å². The van der Waals surface area contributed by atoms with E-state index in [-0.39, 0.29) is 23.8 Å². The van der Waals surface area contributed by atoms with Crippen LogP contribution in [0.4, 0.5) is 11.4 Å². The number of anilines is 2. The first-order valence-electron chi connectivity index (χ1n) is 9.77. The predicted octanol–water partition coefficient (Wildman–Crippen LogP) is 5.26. The predicted molar refractivity (Wildman–Crippen MR) is 110 cm³/mol. The lowest BCUT2D eigenvalue weighted by Crippen LogP contribution is -2.14. The van der Waals surface area contributed by atoms with Crippen molar-refractivity contribution in [2.24, 2.45) is 5.92 Å². The van der Waals surface area contributed by atoms with Crippen molar-refractivity contribution in [2.75, 3.05) is 10.6 Å². The van der Waals surface area contributed by atoms with Crippen molar-refractivity contribution in [3.63, 3.8) is 0 Å². The third-order valence-corrected chi connectivity index (χ3v) is 5.44. The molecule has 0 heterocycles. The molecule has 0 bridgehead atoms. The SMILES string of the molecule is O=C(Nc1ccc(OC2CCCC2)c(Cl)c1)c1ccc(NC(=O)C2CC2)cc1. The molecule has 0 aromatic heterocycles. The van der Waals surface area contributed by atoms with Crippen LogP contribution in [0.5, 0.6) is 5.75 Å². The van der Waals surface area contributed by atoms with Crippen LogP contribution in [0.15, 0.2) is 42.5 Å². The standard InChI is InChI=1S/C22H23ClN2O3/c23-19-13-17(11-12-20(19)28-18-3-1-2-4-18)25-22(27)15-7-9-16(10-8-15)24-21(26)14-5-6-14/h7-14,18H,1-6H2,(H,24,26)(H,25,27). The highest BCUT2D eigenvalue weighted by Gasteiger charge is 2.29. The molecule has 2 aliphatic rings. The van der Waals surface area contributed by atoms with Gasteiger partial charge in [0.2, 0.25) is 5.91 Å². The minimum atomic E-state index is -0.236. The number of amides is 2. The molecule has 4 rings (SSSR count). The highest BCUT2D eigenvalue weighted by atomic mass is 35.5. The highest BCUT2D eigenvalue weighted by Crippen LogP contribution is 2.32. The van der Waals surface area contributed by atoms with E-state index < -0.39 is 0 Å². The van der Waals surface area contributed by atoms with Crippen LogP contribution in [-0.4, -0.2) is 17.9 Å². The van der Waals surface area contributed by atoms with Gasteiger partial charge in [-0.2, -0.15) is 0 Å². The van der Waals surface area contributed by atoms with Crippen LogP contribution in [0.3, 0.4) is 0 Å². The summed E-state index contributed by atoms with van der Waals surface area (Å²) < 4.78 is 5.94. The Kier molecular flexibility index (Phi) is 5.53. The van der Waals surface area contributed by atoms with Gasteiger partial charge in [-0.15, -0.1) is 0 Å². The Balaban J connectivity index is 1.36. The summed E-state index contributed by atoms with van der Waals surface area (Å²) in [6.07, 6.45) is 6.66. The molecule has 0 unspecified atom stereocenters. The maximum Gasteiger partial charge on any atom is 0.255 e. The van der Waals surface area contributed by atoms with Gasteiger partial charge < -0.3 is 15.4 Å². The van der Waals surface area contributed by atoms with Gasteiger partial charge in [-0.1, -0.05) is 11.6 Å². The molecule has 2 saturated carbocycles. The molecule has 2 aromatic rings. The summed E-state index contributed by atoms with van der Waals surface area (Å²) in [7, 11) is 0. The van der Waals surface area contributed by atoms with Gasteiger partial charge in [-0.3, -0.25) is 9.59 Å². The summed E-state index contributed by atoms with van der Waals surface area (Å²) in [6.45, 7) is 0. The number of benzene rings is 2. The number of hydrogen-bond donors (Lipinski definition) is 2. The van der Waals surface area contributed by atoms with Gasteiger partial charge >= 0.3 is 0 Å². The normalized spacial score (nSPS) is 16.6. The molecule has 2 fully saturated rings. The Labute approximate surface area is 169 Å². The summed E-state index contributed by atoms with van der Waals surface area (Å²) in [4.78, 5) is 24.3. The Morgan fingerprint density at radius 2 is 1.57 bits per heavy atom. The van der Waals surface area contributed by atoms with E-state index in [0.717, 1.165) is 25.7 Å². The lowest BCUT2D eigenvalue weighted by molar-refractivity contribution is -0.117. The third kappa shape index (κ3) is 4.65. The molecular formula is C22H23ClN2O3. The molecule has 2 N–H and O–H groups in total. The lowest BCUT2D eigenvalue weighted by Gasteiger charge is -2.15. The Hall–Kier alpha value is -2.53. The van der Waals surface area contributed by atoms with E-state index in [9.17, 15) is 9.59 Å². The van der Waals surface area contributed by atoms with E-state index in [2.05, 4.69) is 10.6 Å². The van der Waals surface area contributed by atoms with Crippen LogP contribution in [0.1, 0.15) is 48.9 Å². The van der Waals surface area contributed by atoms with Crippen LogP contribution in [0, 0.1) is 5.92 Å².